The minimum atomic E-state index is -0.103. The van der Waals surface area contributed by atoms with Gasteiger partial charge in [0.25, 0.3) is 5.91 Å². The number of amides is 2. The number of aromatic nitrogens is 1. The predicted molar refractivity (Wildman–Crippen MR) is 128 cm³/mol. The van der Waals surface area contributed by atoms with Crippen molar-refractivity contribution in [3.63, 3.8) is 0 Å². The van der Waals surface area contributed by atoms with E-state index in [1.54, 1.807) is 31.6 Å². The number of benzene rings is 2. The lowest BCUT2D eigenvalue weighted by atomic mass is 10.0. The molecule has 2 aliphatic heterocycles. The highest BCUT2D eigenvalue weighted by Crippen LogP contribution is 2.33. The highest BCUT2D eigenvalue weighted by molar-refractivity contribution is 5.95. The minimum absolute atomic E-state index is 0.0327. The molecule has 0 spiro atoms. The number of piperazine rings is 1. The van der Waals surface area contributed by atoms with Crippen molar-refractivity contribution in [1.29, 1.82) is 0 Å². The van der Waals surface area contributed by atoms with Crippen LogP contribution in [-0.2, 0) is 4.79 Å². The number of nitrogens with one attached hydrogen (secondary N) is 1. The largest absolute Gasteiger partial charge is 0.497 e. The third-order valence-electron chi connectivity index (χ3n) is 6.25. The van der Waals surface area contributed by atoms with Crippen LogP contribution in [0.25, 0.3) is 11.1 Å². The number of pyridine rings is 1. The summed E-state index contributed by atoms with van der Waals surface area (Å²) in [5.41, 5.74) is 3.18. The number of carbonyl (C=O) groups excluding carboxylic acids is 2. The topological polar surface area (TPSA) is 84.0 Å². The van der Waals surface area contributed by atoms with Crippen molar-refractivity contribution >= 4 is 17.5 Å². The first kappa shape index (κ1) is 21.9. The Kier molecular flexibility index (Phi) is 6.14. The molecule has 8 nitrogen and oxygen atoms in total. The van der Waals surface area contributed by atoms with Gasteiger partial charge in [-0.05, 0) is 47.5 Å². The summed E-state index contributed by atoms with van der Waals surface area (Å²) in [4.78, 5) is 33.7. The summed E-state index contributed by atoms with van der Waals surface area (Å²) in [5.74, 6) is 1.24. The van der Waals surface area contributed by atoms with Crippen molar-refractivity contribution in [2.45, 2.75) is 6.04 Å². The van der Waals surface area contributed by atoms with Gasteiger partial charge in [0, 0.05) is 37.6 Å². The summed E-state index contributed by atoms with van der Waals surface area (Å²) in [7, 11) is 1.64. The van der Waals surface area contributed by atoms with Gasteiger partial charge in [-0.15, -0.1) is 0 Å². The van der Waals surface area contributed by atoms with E-state index >= 15 is 0 Å². The quantitative estimate of drug-likeness (QED) is 0.650. The molecule has 2 amide bonds. The highest BCUT2D eigenvalue weighted by Gasteiger charge is 2.32. The van der Waals surface area contributed by atoms with Gasteiger partial charge in [0.15, 0.2) is 0 Å². The number of carbonyl (C=O) groups is 2. The number of hydrogen-bond acceptors (Lipinski definition) is 6. The van der Waals surface area contributed by atoms with E-state index in [-0.39, 0.29) is 24.4 Å². The molecule has 0 bridgehead atoms. The van der Waals surface area contributed by atoms with Crippen LogP contribution in [0.5, 0.6) is 11.5 Å². The highest BCUT2D eigenvalue weighted by atomic mass is 16.5. The van der Waals surface area contributed by atoms with Crippen LogP contribution in [0.2, 0.25) is 0 Å². The first-order chi connectivity index (χ1) is 16.6. The van der Waals surface area contributed by atoms with E-state index < -0.39 is 0 Å². The molecule has 1 atom stereocenters. The van der Waals surface area contributed by atoms with Crippen molar-refractivity contribution in [2.75, 3.05) is 45.2 Å². The number of nitrogens with zero attached hydrogens (tertiary/aromatic N) is 3. The second kappa shape index (κ2) is 9.52. The number of anilines is 1. The van der Waals surface area contributed by atoms with Gasteiger partial charge in [-0.1, -0.05) is 18.2 Å². The van der Waals surface area contributed by atoms with Gasteiger partial charge in [-0.3, -0.25) is 19.5 Å². The number of hydrogen-bond donors (Lipinski definition) is 1. The third kappa shape index (κ3) is 4.58. The van der Waals surface area contributed by atoms with Gasteiger partial charge in [-0.2, -0.15) is 0 Å². The van der Waals surface area contributed by atoms with Crippen LogP contribution < -0.4 is 14.8 Å². The number of ether oxygens (including phenoxy) is 2. The lowest BCUT2D eigenvalue weighted by Gasteiger charge is -2.40. The summed E-state index contributed by atoms with van der Waals surface area (Å²) in [6.45, 7) is 2.27. The second-order valence-corrected chi connectivity index (χ2v) is 8.41. The van der Waals surface area contributed by atoms with Crippen LogP contribution in [0.1, 0.15) is 10.4 Å². The maximum absolute atomic E-state index is 12.9. The zero-order valence-corrected chi connectivity index (χ0v) is 18.9. The molecular formula is C26H26N4O4. The van der Waals surface area contributed by atoms with Crippen LogP contribution in [0.4, 0.5) is 5.69 Å². The van der Waals surface area contributed by atoms with Crippen LogP contribution in [0.15, 0.2) is 67.0 Å². The molecule has 2 aliphatic rings. The summed E-state index contributed by atoms with van der Waals surface area (Å²) >= 11 is 0. The molecule has 3 heterocycles. The number of methoxy groups -OCH3 is 1. The lowest BCUT2D eigenvalue weighted by molar-refractivity contribution is -0.118. The molecule has 1 aromatic heterocycles. The molecule has 5 rings (SSSR count). The van der Waals surface area contributed by atoms with Crippen molar-refractivity contribution in [2.24, 2.45) is 0 Å². The first-order valence-electron chi connectivity index (χ1n) is 11.3. The van der Waals surface area contributed by atoms with E-state index in [4.69, 9.17) is 9.47 Å². The van der Waals surface area contributed by atoms with Crippen molar-refractivity contribution < 1.29 is 19.1 Å². The summed E-state index contributed by atoms with van der Waals surface area (Å²) in [5, 5.41) is 3.01. The minimum Gasteiger partial charge on any atom is -0.497 e. The molecular weight excluding hydrogens is 432 g/mol. The smallest absolute Gasteiger partial charge is 0.254 e. The Morgan fingerprint density at radius 1 is 1.09 bits per heavy atom. The summed E-state index contributed by atoms with van der Waals surface area (Å²) < 4.78 is 11.5. The van der Waals surface area contributed by atoms with Crippen LogP contribution >= 0.6 is 0 Å². The maximum Gasteiger partial charge on any atom is 0.254 e. The molecule has 3 aromatic rings. The maximum atomic E-state index is 12.9. The molecule has 0 radical (unpaired) electrons. The molecule has 34 heavy (non-hydrogen) atoms. The van der Waals surface area contributed by atoms with E-state index in [2.05, 4.69) is 15.2 Å². The number of fused-ring (bicyclic) bond motifs is 2. The molecule has 8 heteroatoms. The Morgan fingerprint density at radius 3 is 2.74 bits per heavy atom. The Morgan fingerprint density at radius 2 is 1.91 bits per heavy atom. The van der Waals surface area contributed by atoms with Gasteiger partial charge in [0.2, 0.25) is 5.91 Å². The molecule has 1 saturated heterocycles. The fourth-order valence-electron chi connectivity index (χ4n) is 4.42. The predicted octanol–water partition coefficient (Wildman–Crippen LogP) is 2.91. The van der Waals surface area contributed by atoms with Crippen LogP contribution in [-0.4, -0.2) is 72.5 Å². The number of rotatable bonds is 3. The van der Waals surface area contributed by atoms with E-state index in [0.717, 1.165) is 16.9 Å². The first-order valence-corrected chi connectivity index (χ1v) is 11.3. The fraction of sp³-hybridized carbons (Fsp3) is 0.269. The SMILES string of the molecule is COc1cccc(-c2ccc3c(c2)NC(=O)CN2CCN(C(=O)c4ccncc4)C[C@@H]2CO3)c1. The second-order valence-electron chi connectivity index (χ2n) is 8.41. The lowest BCUT2D eigenvalue weighted by Crippen LogP contribution is -2.57. The standard InChI is InChI=1S/C26H26N4O4/c1-33-22-4-2-3-19(13-22)20-5-6-24-23(14-20)28-25(31)16-29-11-12-30(15-21(29)17-34-24)26(32)18-7-9-27-10-8-18/h2-10,13-14,21H,11-12,15-17H2,1H3,(H,28,31)/t21-/m1/s1. The van der Waals surface area contributed by atoms with E-state index in [9.17, 15) is 9.59 Å². The average molecular weight is 459 g/mol. The Bertz CT molecular complexity index is 1200. The van der Waals surface area contributed by atoms with Crippen LogP contribution in [0.3, 0.4) is 0 Å². The zero-order valence-electron chi connectivity index (χ0n) is 18.9. The Balaban J connectivity index is 1.36. The molecule has 1 N–H and O–H groups in total. The van der Waals surface area contributed by atoms with Gasteiger partial charge in [-0.25, -0.2) is 0 Å². The van der Waals surface area contributed by atoms with Crippen molar-refractivity contribution in [1.82, 2.24) is 14.8 Å². The Hall–Kier alpha value is -3.91. The van der Waals surface area contributed by atoms with Gasteiger partial charge >= 0.3 is 0 Å². The molecule has 0 saturated carbocycles. The molecule has 1 fully saturated rings. The van der Waals surface area contributed by atoms with Gasteiger partial charge < -0.3 is 19.7 Å². The summed E-state index contributed by atoms with van der Waals surface area (Å²) in [6, 6.07) is 16.9. The van der Waals surface area contributed by atoms with Gasteiger partial charge in [0.05, 0.1) is 25.4 Å². The molecule has 2 aromatic carbocycles. The van der Waals surface area contributed by atoms with Crippen LogP contribution in [0, 0.1) is 0 Å². The summed E-state index contributed by atoms with van der Waals surface area (Å²) in [6.07, 6.45) is 3.24. The monoisotopic (exact) mass is 458 g/mol. The van der Waals surface area contributed by atoms with Crippen molar-refractivity contribution in [3.05, 3.63) is 72.6 Å². The van der Waals surface area contributed by atoms with E-state index in [1.165, 1.54) is 0 Å². The Labute approximate surface area is 198 Å². The molecule has 174 valence electrons. The average Bonchev–Trinajstić information content (AvgIpc) is 2.94. The third-order valence-corrected chi connectivity index (χ3v) is 6.25. The molecule has 0 aliphatic carbocycles. The van der Waals surface area contributed by atoms with E-state index in [0.29, 0.717) is 43.2 Å². The zero-order chi connectivity index (χ0) is 23.5. The van der Waals surface area contributed by atoms with Gasteiger partial charge in [0.1, 0.15) is 18.1 Å². The van der Waals surface area contributed by atoms with E-state index in [1.807, 2.05) is 47.4 Å². The fourth-order valence-corrected chi connectivity index (χ4v) is 4.42. The molecule has 0 unspecified atom stereocenters. The normalized spacial score (nSPS) is 18.3. The van der Waals surface area contributed by atoms with Crippen molar-refractivity contribution in [3.8, 4) is 22.6 Å².